The number of hydrogen-bond acceptors (Lipinski definition) is 4. The molecule has 0 saturated carbocycles. The van der Waals surface area contributed by atoms with E-state index in [1.54, 1.807) is 0 Å². The van der Waals surface area contributed by atoms with Crippen molar-refractivity contribution in [3.8, 4) is 11.1 Å². The highest BCUT2D eigenvalue weighted by Crippen LogP contribution is 2.39. The zero-order chi connectivity index (χ0) is 19.7. The van der Waals surface area contributed by atoms with Gasteiger partial charge in [0.05, 0.1) is 11.2 Å². The third-order valence-electron chi connectivity index (χ3n) is 6.16. The van der Waals surface area contributed by atoms with E-state index in [1.165, 1.54) is 0 Å². The van der Waals surface area contributed by atoms with Gasteiger partial charge in [0.15, 0.2) is 6.29 Å². The van der Waals surface area contributed by atoms with E-state index in [0.717, 1.165) is 77.7 Å². The smallest absolute Gasteiger partial charge is 0.166 e. The fourth-order valence-corrected chi connectivity index (χ4v) is 4.59. The number of hydrogen-bond donors (Lipinski definition) is 1. The second kappa shape index (κ2) is 7.76. The lowest BCUT2D eigenvalue weighted by Crippen LogP contribution is -2.34. The fraction of sp³-hybridized carbons (Fsp3) is 0.391. The summed E-state index contributed by atoms with van der Waals surface area (Å²) in [5.41, 5.74) is 6.36. The standard InChI is InChI=1S/C23H28N4O/c1-4-26-11-7-19(8-12-26)27-21-14-18(17-5-9-25-10-6-17)13-20(24-3)23(21)16(2)22(27)15-28/h5-6,9-10,13-15,19,24H,4,7-8,11-12H2,1-3H3. The molecule has 3 heterocycles. The van der Waals surface area contributed by atoms with E-state index >= 15 is 0 Å². The van der Waals surface area contributed by atoms with Crippen LogP contribution in [0.25, 0.3) is 22.0 Å². The number of rotatable bonds is 5. The molecule has 3 aromatic rings. The minimum atomic E-state index is 0.358. The largest absolute Gasteiger partial charge is 0.388 e. The van der Waals surface area contributed by atoms with Gasteiger partial charge in [-0.3, -0.25) is 9.78 Å². The van der Waals surface area contributed by atoms with Crippen LogP contribution in [0.2, 0.25) is 0 Å². The van der Waals surface area contributed by atoms with Crippen LogP contribution in [0.1, 0.15) is 41.9 Å². The van der Waals surface area contributed by atoms with E-state index in [2.05, 4.69) is 45.7 Å². The second-order valence-corrected chi connectivity index (χ2v) is 7.57. The Hall–Kier alpha value is -2.66. The predicted molar refractivity (Wildman–Crippen MR) is 115 cm³/mol. The van der Waals surface area contributed by atoms with E-state index in [-0.39, 0.29) is 0 Å². The number of aldehydes is 1. The molecule has 0 unspecified atom stereocenters. The van der Waals surface area contributed by atoms with Gasteiger partial charge in [-0.25, -0.2) is 0 Å². The van der Waals surface area contributed by atoms with Crippen LogP contribution in [-0.4, -0.2) is 47.4 Å². The first-order valence-electron chi connectivity index (χ1n) is 10.1. The summed E-state index contributed by atoms with van der Waals surface area (Å²) in [6.07, 6.45) is 6.83. The number of fused-ring (bicyclic) bond motifs is 1. The van der Waals surface area contributed by atoms with Gasteiger partial charge in [-0.05, 0) is 67.3 Å². The highest BCUT2D eigenvalue weighted by Gasteiger charge is 2.26. The van der Waals surface area contributed by atoms with Crippen LogP contribution in [0.5, 0.6) is 0 Å². The van der Waals surface area contributed by atoms with Gasteiger partial charge in [0.1, 0.15) is 0 Å². The van der Waals surface area contributed by atoms with Gasteiger partial charge in [-0.2, -0.15) is 0 Å². The van der Waals surface area contributed by atoms with Crippen LogP contribution in [0.4, 0.5) is 5.69 Å². The van der Waals surface area contributed by atoms with Crippen LogP contribution in [0, 0.1) is 6.92 Å². The van der Waals surface area contributed by atoms with E-state index in [0.29, 0.717) is 6.04 Å². The number of aromatic nitrogens is 2. The van der Waals surface area contributed by atoms with Crippen molar-refractivity contribution >= 4 is 22.9 Å². The molecule has 0 atom stereocenters. The molecule has 0 bridgehead atoms. The second-order valence-electron chi connectivity index (χ2n) is 7.57. The molecule has 0 radical (unpaired) electrons. The minimum Gasteiger partial charge on any atom is -0.388 e. The fourth-order valence-electron chi connectivity index (χ4n) is 4.59. The maximum absolute atomic E-state index is 12.1. The lowest BCUT2D eigenvalue weighted by Gasteiger charge is -2.33. The Labute approximate surface area is 166 Å². The molecule has 4 rings (SSSR count). The number of nitrogens with one attached hydrogen (secondary N) is 1. The van der Waals surface area contributed by atoms with Crippen LogP contribution in [0.15, 0.2) is 36.7 Å². The molecule has 1 aliphatic heterocycles. The van der Waals surface area contributed by atoms with Crippen LogP contribution < -0.4 is 5.32 Å². The van der Waals surface area contributed by atoms with Gasteiger partial charge in [0.25, 0.3) is 0 Å². The number of carbonyl (C=O) groups is 1. The van der Waals surface area contributed by atoms with Crippen molar-refractivity contribution < 1.29 is 4.79 Å². The van der Waals surface area contributed by atoms with Gasteiger partial charge in [-0.1, -0.05) is 6.92 Å². The Morgan fingerprint density at radius 1 is 1.18 bits per heavy atom. The number of piperidine rings is 1. The highest BCUT2D eigenvalue weighted by atomic mass is 16.1. The van der Waals surface area contributed by atoms with Crippen molar-refractivity contribution in [1.82, 2.24) is 14.5 Å². The Morgan fingerprint density at radius 2 is 1.89 bits per heavy atom. The first kappa shape index (κ1) is 18.7. The van der Waals surface area contributed by atoms with Gasteiger partial charge in [0.2, 0.25) is 0 Å². The number of pyridine rings is 1. The number of nitrogens with zero attached hydrogens (tertiary/aromatic N) is 3. The van der Waals surface area contributed by atoms with Crippen molar-refractivity contribution in [3.63, 3.8) is 0 Å². The minimum absolute atomic E-state index is 0.358. The molecule has 1 N–H and O–H groups in total. The van der Waals surface area contributed by atoms with Crippen molar-refractivity contribution in [2.45, 2.75) is 32.7 Å². The molecular formula is C23H28N4O. The van der Waals surface area contributed by atoms with Crippen molar-refractivity contribution in [2.24, 2.45) is 0 Å². The molecule has 0 amide bonds. The zero-order valence-electron chi connectivity index (χ0n) is 16.9. The Bertz CT molecular complexity index is 985. The summed E-state index contributed by atoms with van der Waals surface area (Å²) < 4.78 is 2.30. The quantitative estimate of drug-likeness (QED) is 0.665. The number of benzene rings is 1. The van der Waals surface area contributed by atoms with Crippen LogP contribution in [0.3, 0.4) is 0 Å². The molecule has 146 valence electrons. The van der Waals surface area contributed by atoms with Crippen LogP contribution in [-0.2, 0) is 0 Å². The molecule has 1 saturated heterocycles. The first-order chi connectivity index (χ1) is 13.7. The van der Waals surface area contributed by atoms with Crippen LogP contribution >= 0.6 is 0 Å². The number of anilines is 1. The average molecular weight is 377 g/mol. The Morgan fingerprint density at radius 3 is 2.50 bits per heavy atom. The topological polar surface area (TPSA) is 50.2 Å². The molecule has 5 heteroatoms. The summed E-state index contributed by atoms with van der Waals surface area (Å²) in [5.74, 6) is 0. The Kier molecular flexibility index (Phi) is 5.18. The summed E-state index contributed by atoms with van der Waals surface area (Å²) in [6, 6.07) is 8.82. The summed E-state index contributed by atoms with van der Waals surface area (Å²) in [5, 5.41) is 4.50. The maximum Gasteiger partial charge on any atom is 0.166 e. The number of likely N-dealkylation sites (tertiary alicyclic amines) is 1. The summed E-state index contributed by atoms with van der Waals surface area (Å²) >= 11 is 0. The van der Waals surface area contributed by atoms with Gasteiger partial charge in [0, 0.05) is 49.6 Å². The molecule has 0 spiro atoms. The first-order valence-corrected chi connectivity index (χ1v) is 10.1. The Balaban J connectivity index is 1.91. The number of aryl methyl sites for hydroxylation is 1. The predicted octanol–water partition coefficient (Wildman–Crippen LogP) is 4.52. The third kappa shape index (κ3) is 3.10. The monoisotopic (exact) mass is 376 g/mol. The molecule has 0 aliphatic carbocycles. The van der Waals surface area contributed by atoms with Crippen molar-refractivity contribution in [2.75, 3.05) is 32.0 Å². The van der Waals surface area contributed by atoms with E-state index in [1.807, 2.05) is 31.6 Å². The van der Waals surface area contributed by atoms with Gasteiger partial charge >= 0.3 is 0 Å². The van der Waals surface area contributed by atoms with E-state index in [9.17, 15) is 4.79 Å². The lowest BCUT2D eigenvalue weighted by molar-refractivity contribution is 0.110. The SMILES string of the molecule is CCN1CCC(n2c(C=O)c(C)c3c(NC)cc(-c4ccncc4)cc32)CC1. The molecule has 1 fully saturated rings. The summed E-state index contributed by atoms with van der Waals surface area (Å²) in [6.45, 7) is 7.54. The summed E-state index contributed by atoms with van der Waals surface area (Å²) in [4.78, 5) is 18.7. The lowest BCUT2D eigenvalue weighted by atomic mass is 10.0. The van der Waals surface area contributed by atoms with Crippen molar-refractivity contribution in [3.05, 3.63) is 47.9 Å². The zero-order valence-corrected chi connectivity index (χ0v) is 16.9. The molecule has 1 aliphatic rings. The number of carbonyl (C=O) groups excluding carboxylic acids is 1. The van der Waals surface area contributed by atoms with Gasteiger partial charge < -0.3 is 14.8 Å². The third-order valence-corrected chi connectivity index (χ3v) is 6.16. The van der Waals surface area contributed by atoms with E-state index < -0.39 is 0 Å². The maximum atomic E-state index is 12.1. The highest BCUT2D eigenvalue weighted by molar-refractivity contribution is 6.03. The normalized spacial score (nSPS) is 15.8. The van der Waals surface area contributed by atoms with Crippen molar-refractivity contribution in [1.29, 1.82) is 0 Å². The molecule has 2 aromatic heterocycles. The molecule has 28 heavy (non-hydrogen) atoms. The van der Waals surface area contributed by atoms with Gasteiger partial charge in [-0.15, -0.1) is 0 Å². The average Bonchev–Trinajstić information content (AvgIpc) is 3.05. The summed E-state index contributed by atoms with van der Waals surface area (Å²) in [7, 11) is 1.95. The molecular weight excluding hydrogens is 348 g/mol. The van der Waals surface area contributed by atoms with E-state index in [4.69, 9.17) is 0 Å². The molecule has 5 nitrogen and oxygen atoms in total. The molecule has 1 aromatic carbocycles.